The van der Waals surface area contributed by atoms with E-state index in [0.717, 1.165) is 4.57 Å². The van der Waals surface area contributed by atoms with Gasteiger partial charge in [-0.1, -0.05) is 17.7 Å². The first kappa shape index (κ1) is 17.4. The monoisotopic (exact) mass is 377 g/mol. The SMILES string of the molecule is CC(C)NC(=O)Cn1c(=O)n(-c2cccc(Cl)c2)c(=O)c2sccc21. The van der Waals surface area contributed by atoms with Crippen LogP contribution in [-0.2, 0) is 11.3 Å². The van der Waals surface area contributed by atoms with Gasteiger partial charge >= 0.3 is 5.69 Å². The number of carbonyl (C=O) groups excluding carboxylic acids is 1. The van der Waals surface area contributed by atoms with E-state index in [-0.39, 0.29) is 18.5 Å². The van der Waals surface area contributed by atoms with Crippen LogP contribution in [-0.4, -0.2) is 21.1 Å². The van der Waals surface area contributed by atoms with Crippen LogP contribution in [0.25, 0.3) is 15.9 Å². The van der Waals surface area contributed by atoms with Gasteiger partial charge in [-0.2, -0.15) is 0 Å². The molecule has 2 aromatic heterocycles. The maximum absolute atomic E-state index is 12.9. The van der Waals surface area contributed by atoms with Gasteiger partial charge in [0.15, 0.2) is 0 Å². The quantitative estimate of drug-likeness (QED) is 0.758. The van der Waals surface area contributed by atoms with Crippen LogP contribution in [0.3, 0.4) is 0 Å². The van der Waals surface area contributed by atoms with Crippen LogP contribution in [0.5, 0.6) is 0 Å². The molecule has 2 heterocycles. The standard InChI is InChI=1S/C17H16ClN3O3S/c1-10(2)19-14(22)9-20-13-6-7-25-15(13)16(23)21(17(20)24)12-5-3-4-11(18)8-12/h3-8,10H,9H2,1-2H3,(H,19,22). The molecule has 3 aromatic rings. The van der Waals surface area contributed by atoms with Crippen LogP contribution in [0, 0.1) is 0 Å². The Balaban J connectivity index is 2.24. The maximum Gasteiger partial charge on any atom is 0.336 e. The van der Waals surface area contributed by atoms with Crippen molar-refractivity contribution in [1.82, 2.24) is 14.5 Å². The van der Waals surface area contributed by atoms with E-state index in [1.807, 2.05) is 13.8 Å². The molecular weight excluding hydrogens is 362 g/mol. The number of nitrogens with one attached hydrogen (secondary N) is 1. The van der Waals surface area contributed by atoms with Crippen molar-refractivity contribution in [3.05, 3.63) is 61.6 Å². The molecule has 0 fully saturated rings. The zero-order valence-corrected chi connectivity index (χ0v) is 15.2. The number of hydrogen-bond donors (Lipinski definition) is 1. The highest BCUT2D eigenvalue weighted by atomic mass is 35.5. The molecule has 1 amide bonds. The van der Waals surface area contributed by atoms with Crippen molar-refractivity contribution < 1.29 is 4.79 Å². The van der Waals surface area contributed by atoms with E-state index >= 15 is 0 Å². The van der Waals surface area contributed by atoms with E-state index in [4.69, 9.17) is 11.6 Å². The second-order valence-electron chi connectivity index (χ2n) is 5.85. The summed E-state index contributed by atoms with van der Waals surface area (Å²) in [6, 6.07) is 8.13. The number of nitrogens with zero attached hydrogens (tertiary/aromatic N) is 2. The average molecular weight is 378 g/mol. The second-order valence-corrected chi connectivity index (χ2v) is 7.20. The number of hydrogen-bond acceptors (Lipinski definition) is 4. The van der Waals surface area contributed by atoms with Crippen molar-refractivity contribution in [1.29, 1.82) is 0 Å². The number of thiophene rings is 1. The fourth-order valence-corrected chi connectivity index (χ4v) is 3.60. The van der Waals surface area contributed by atoms with Crippen LogP contribution in [0.1, 0.15) is 13.8 Å². The Morgan fingerprint density at radius 3 is 2.72 bits per heavy atom. The van der Waals surface area contributed by atoms with Gasteiger partial charge in [-0.25, -0.2) is 9.36 Å². The Morgan fingerprint density at radius 2 is 2.04 bits per heavy atom. The smallest absolute Gasteiger partial charge is 0.336 e. The molecule has 0 unspecified atom stereocenters. The number of halogens is 1. The molecular formula is C17H16ClN3O3S. The molecule has 0 aliphatic carbocycles. The Labute approximate surface area is 152 Å². The lowest BCUT2D eigenvalue weighted by molar-refractivity contribution is -0.122. The van der Waals surface area contributed by atoms with Gasteiger partial charge < -0.3 is 5.32 Å². The van der Waals surface area contributed by atoms with Crippen LogP contribution in [0.15, 0.2) is 45.3 Å². The first-order valence-electron chi connectivity index (χ1n) is 7.67. The maximum atomic E-state index is 12.9. The van der Waals surface area contributed by atoms with Crippen LogP contribution >= 0.6 is 22.9 Å². The molecule has 25 heavy (non-hydrogen) atoms. The van der Waals surface area contributed by atoms with E-state index < -0.39 is 11.2 Å². The van der Waals surface area contributed by atoms with Crippen molar-refractivity contribution in [2.45, 2.75) is 26.4 Å². The molecule has 130 valence electrons. The minimum Gasteiger partial charge on any atom is -0.352 e. The third-order valence-electron chi connectivity index (χ3n) is 3.57. The van der Waals surface area contributed by atoms with E-state index in [1.54, 1.807) is 35.7 Å². The molecule has 1 aromatic carbocycles. The highest BCUT2D eigenvalue weighted by Gasteiger charge is 2.17. The van der Waals surface area contributed by atoms with Crippen molar-refractivity contribution >= 4 is 39.1 Å². The lowest BCUT2D eigenvalue weighted by Crippen LogP contribution is -2.42. The fourth-order valence-electron chi connectivity index (χ4n) is 2.59. The molecule has 3 rings (SSSR count). The minimum atomic E-state index is -0.572. The van der Waals surface area contributed by atoms with Gasteiger partial charge in [-0.15, -0.1) is 11.3 Å². The molecule has 0 aliphatic heterocycles. The van der Waals surface area contributed by atoms with Crippen molar-refractivity contribution in [2.75, 3.05) is 0 Å². The summed E-state index contributed by atoms with van der Waals surface area (Å²) in [4.78, 5) is 37.8. The van der Waals surface area contributed by atoms with Gasteiger partial charge in [0.05, 0.1) is 11.2 Å². The fraction of sp³-hybridized carbons (Fsp3) is 0.235. The molecule has 0 aliphatic rings. The van der Waals surface area contributed by atoms with Gasteiger partial charge in [0.1, 0.15) is 11.2 Å². The second kappa shape index (κ2) is 6.85. The largest absolute Gasteiger partial charge is 0.352 e. The van der Waals surface area contributed by atoms with Crippen molar-refractivity contribution in [3.63, 3.8) is 0 Å². The first-order chi connectivity index (χ1) is 11.9. The number of benzene rings is 1. The molecule has 0 bridgehead atoms. The third kappa shape index (κ3) is 3.38. The van der Waals surface area contributed by atoms with Crippen LogP contribution < -0.4 is 16.6 Å². The number of carbonyl (C=O) groups is 1. The van der Waals surface area contributed by atoms with Crippen LogP contribution in [0.2, 0.25) is 5.02 Å². The first-order valence-corrected chi connectivity index (χ1v) is 8.92. The van der Waals surface area contributed by atoms with E-state index in [9.17, 15) is 14.4 Å². The number of fused-ring (bicyclic) bond motifs is 1. The summed E-state index contributed by atoms with van der Waals surface area (Å²) in [6.45, 7) is 3.52. The minimum absolute atomic E-state index is 0.0417. The summed E-state index contributed by atoms with van der Waals surface area (Å²) in [5.74, 6) is -0.291. The Bertz CT molecular complexity index is 1060. The average Bonchev–Trinajstić information content (AvgIpc) is 3.01. The zero-order chi connectivity index (χ0) is 18.1. The predicted molar refractivity (Wildman–Crippen MR) is 100.0 cm³/mol. The molecule has 0 spiro atoms. The summed E-state index contributed by atoms with van der Waals surface area (Å²) < 4.78 is 2.77. The van der Waals surface area contributed by atoms with Gasteiger partial charge in [0.2, 0.25) is 5.91 Å². The van der Waals surface area contributed by atoms with E-state index in [0.29, 0.717) is 20.9 Å². The van der Waals surface area contributed by atoms with E-state index in [1.165, 1.54) is 15.9 Å². The topological polar surface area (TPSA) is 73.1 Å². The third-order valence-corrected chi connectivity index (χ3v) is 4.70. The summed E-state index contributed by atoms with van der Waals surface area (Å²) in [5.41, 5.74) is -0.164. The van der Waals surface area contributed by atoms with Crippen LogP contribution in [0.4, 0.5) is 0 Å². The van der Waals surface area contributed by atoms with Gasteiger partial charge in [-0.3, -0.25) is 14.2 Å². The molecule has 6 nitrogen and oxygen atoms in total. The van der Waals surface area contributed by atoms with Gasteiger partial charge in [0.25, 0.3) is 5.56 Å². The van der Waals surface area contributed by atoms with Crippen molar-refractivity contribution in [2.24, 2.45) is 0 Å². The lowest BCUT2D eigenvalue weighted by Gasteiger charge is -2.13. The number of rotatable bonds is 4. The Kier molecular flexibility index (Phi) is 4.78. The molecule has 0 saturated heterocycles. The molecule has 0 atom stereocenters. The summed E-state index contributed by atoms with van der Waals surface area (Å²) in [7, 11) is 0. The molecule has 8 heteroatoms. The molecule has 0 radical (unpaired) electrons. The lowest BCUT2D eigenvalue weighted by atomic mass is 10.3. The normalized spacial score (nSPS) is 11.2. The number of aromatic nitrogens is 2. The predicted octanol–water partition coefficient (Wildman–Crippen LogP) is 2.39. The van der Waals surface area contributed by atoms with Gasteiger partial charge in [-0.05, 0) is 43.5 Å². The zero-order valence-electron chi connectivity index (χ0n) is 13.7. The summed E-state index contributed by atoms with van der Waals surface area (Å²) in [6.07, 6.45) is 0. The highest BCUT2D eigenvalue weighted by Crippen LogP contribution is 2.17. The Hall–Kier alpha value is -2.38. The Morgan fingerprint density at radius 1 is 1.28 bits per heavy atom. The summed E-state index contributed by atoms with van der Waals surface area (Å²) >= 11 is 7.23. The van der Waals surface area contributed by atoms with Crippen molar-refractivity contribution in [3.8, 4) is 5.69 Å². The highest BCUT2D eigenvalue weighted by molar-refractivity contribution is 7.17. The number of amides is 1. The summed E-state index contributed by atoms with van der Waals surface area (Å²) in [5, 5.41) is 4.90. The van der Waals surface area contributed by atoms with Gasteiger partial charge in [0, 0.05) is 11.1 Å². The van der Waals surface area contributed by atoms with E-state index in [2.05, 4.69) is 5.32 Å². The molecule has 1 N–H and O–H groups in total. The molecule has 0 saturated carbocycles.